The standard InChI is InChI=1S/C25H24N4O4/c30-22-14-27(16-7-1-2-8-16)25(31)21-13-19-18-10-3-4-11-20(18)26-23(19)24(28(21)22)15-6-5-9-17(12-15)29(32)33/h3-6,9-12,16,21,24,26H,1-2,7-8,13-14H2/t21-,24?/m1/s1. The fraction of sp³-hybridized carbons (Fsp3) is 0.360. The Morgan fingerprint density at radius 3 is 2.61 bits per heavy atom. The molecule has 1 aliphatic carbocycles. The van der Waals surface area contributed by atoms with E-state index in [1.807, 2.05) is 24.3 Å². The average Bonchev–Trinajstić information content (AvgIpc) is 3.48. The molecule has 1 unspecified atom stereocenters. The number of aromatic amines is 1. The zero-order valence-electron chi connectivity index (χ0n) is 18.1. The number of nitrogens with one attached hydrogen (secondary N) is 1. The Hall–Kier alpha value is -3.68. The van der Waals surface area contributed by atoms with Crippen molar-refractivity contribution < 1.29 is 14.5 Å². The number of para-hydroxylation sites is 1. The maximum absolute atomic E-state index is 13.7. The zero-order chi connectivity index (χ0) is 22.7. The van der Waals surface area contributed by atoms with Gasteiger partial charge in [0.2, 0.25) is 11.8 Å². The van der Waals surface area contributed by atoms with Gasteiger partial charge in [-0.05, 0) is 30.0 Å². The summed E-state index contributed by atoms with van der Waals surface area (Å²) in [5, 5.41) is 12.5. The Morgan fingerprint density at radius 2 is 1.82 bits per heavy atom. The number of piperazine rings is 1. The summed E-state index contributed by atoms with van der Waals surface area (Å²) in [6, 6.07) is 13.3. The van der Waals surface area contributed by atoms with Crippen LogP contribution in [0.3, 0.4) is 0 Å². The van der Waals surface area contributed by atoms with Gasteiger partial charge in [0.05, 0.1) is 11.0 Å². The van der Waals surface area contributed by atoms with Crippen LogP contribution in [0.5, 0.6) is 0 Å². The second-order valence-corrected chi connectivity index (χ2v) is 9.24. The van der Waals surface area contributed by atoms with E-state index in [1.54, 1.807) is 21.9 Å². The van der Waals surface area contributed by atoms with Crippen molar-refractivity contribution in [1.82, 2.24) is 14.8 Å². The van der Waals surface area contributed by atoms with Crippen LogP contribution in [0.25, 0.3) is 10.9 Å². The number of nitro groups is 1. The molecule has 1 aromatic heterocycles. The van der Waals surface area contributed by atoms with Crippen molar-refractivity contribution in [3.8, 4) is 0 Å². The highest BCUT2D eigenvalue weighted by molar-refractivity contribution is 5.97. The first kappa shape index (κ1) is 20.0. The van der Waals surface area contributed by atoms with Gasteiger partial charge < -0.3 is 14.8 Å². The van der Waals surface area contributed by atoms with Crippen LogP contribution in [-0.2, 0) is 16.0 Å². The molecular formula is C25H24N4O4. The van der Waals surface area contributed by atoms with Gasteiger partial charge in [-0.2, -0.15) is 0 Å². The minimum Gasteiger partial charge on any atom is -0.356 e. The highest BCUT2D eigenvalue weighted by atomic mass is 16.6. The number of benzene rings is 2. The average molecular weight is 444 g/mol. The van der Waals surface area contributed by atoms with E-state index >= 15 is 0 Å². The number of amides is 2. The van der Waals surface area contributed by atoms with Gasteiger partial charge in [-0.15, -0.1) is 0 Å². The molecule has 3 heterocycles. The number of carbonyl (C=O) groups is 2. The number of non-ortho nitro benzene ring substituents is 1. The molecule has 3 aromatic rings. The van der Waals surface area contributed by atoms with E-state index in [9.17, 15) is 19.7 Å². The first-order valence-corrected chi connectivity index (χ1v) is 11.5. The summed E-state index contributed by atoms with van der Waals surface area (Å²) in [5.74, 6) is -0.111. The molecule has 1 N–H and O–H groups in total. The summed E-state index contributed by atoms with van der Waals surface area (Å²) in [6.07, 6.45) is 4.50. The summed E-state index contributed by atoms with van der Waals surface area (Å²) in [4.78, 5) is 45.2. The Bertz CT molecular complexity index is 1290. The number of aromatic nitrogens is 1. The molecule has 0 bridgehead atoms. The van der Waals surface area contributed by atoms with E-state index in [-0.39, 0.29) is 30.1 Å². The minimum absolute atomic E-state index is 0.00661. The molecule has 2 atom stereocenters. The number of nitrogens with zero attached hydrogens (tertiary/aromatic N) is 3. The van der Waals surface area contributed by atoms with E-state index in [0.29, 0.717) is 12.0 Å². The lowest BCUT2D eigenvalue weighted by Crippen LogP contribution is -2.64. The summed E-state index contributed by atoms with van der Waals surface area (Å²) >= 11 is 0. The Morgan fingerprint density at radius 1 is 1.03 bits per heavy atom. The normalized spacial score (nSPS) is 23.2. The maximum atomic E-state index is 13.7. The lowest BCUT2D eigenvalue weighted by atomic mass is 9.85. The van der Waals surface area contributed by atoms with Crippen molar-refractivity contribution in [3.05, 3.63) is 75.5 Å². The fourth-order valence-electron chi connectivity index (χ4n) is 5.97. The molecule has 3 aliphatic rings. The van der Waals surface area contributed by atoms with Crippen molar-refractivity contribution >= 4 is 28.4 Å². The maximum Gasteiger partial charge on any atom is 0.269 e. The first-order chi connectivity index (χ1) is 16.0. The molecule has 33 heavy (non-hydrogen) atoms. The summed E-state index contributed by atoms with van der Waals surface area (Å²) < 4.78 is 0. The topological polar surface area (TPSA) is 99.5 Å². The molecule has 2 fully saturated rings. The highest BCUT2D eigenvalue weighted by Crippen LogP contribution is 2.43. The van der Waals surface area contributed by atoms with Crippen LogP contribution in [-0.4, -0.2) is 50.1 Å². The van der Waals surface area contributed by atoms with Gasteiger partial charge in [-0.3, -0.25) is 19.7 Å². The van der Waals surface area contributed by atoms with Gasteiger partial charge in [-0.25, -0.2) is 0 Å². The quantitative estimate of drug-likeness (QED) is 0.492. The first-order valence-electron chi connectivity index (χ1n) is 11.5. The third kappa shape index (κ3) is 3.04. The van der Waals surface area contributed by atoms with Crippen molar-refractivity contribution in [2.24, 2.45) is 0 Å². The third-order valence-electron chi connectivity index (χ3n) is 7.46. The van der Waals surface area contributed by atoms with E-state index in [2.05, 4.69) is 4.98 Å². The number of hydrogen-bond acceptors (Lipinski definition) is 4. The predicted molar refractivity (Wildman–Crippen MR) is 122 cm³/mol. The zero-order valence-corrected chi connectivity index (χ0v) is 18.1. The molecule has 8 heteroatoms. The molecule has 1 saturated heterocycles. The number of carbonyl (C=O) groups excluding carboxylic acids is 2. The van der Waals surface area contributed by atoms with Crippen LogP contribution < -0.4 is 0 Å². The van der Waals surface area contributed by atoms with E-state index in [1.165, 1.54) is 12.1 Å². The van der Waals surface area contributed by atoms with Crippen LogP contribution in [0.4, 0.5) is 5.69 Å². The smallest absolute Gasteiger partial charge is 0.269 e. The van der Waals surface area contributed by atoms with Gasteiger partial charge in [0.1, 0.15) is 12.6 Å². The SMILES string of the molecule is O=C1[C@H]2Cc3c([nH]c4ccccc34)C(c3cccc([N+](=O)[O-])c3)N2C(=O)CN1C1CCCC1. The molecular weight excluding hydrogens is 420 g/mol. The minimum atomic E-state index is -0.609. The van der Waals surface area contributed by atoms with Crippen LogP contribution in [0.15, 0.2) is 48.5 Å². The van der Waals surface area contributed by atoms with Crippen LogP contribution in [0.2, 0.25) is 0 Å². The van der Waals surface area contributed by atoms with E-state index in [0.717, 1.165) is 47.8 Å². The lowest BCUT2D eigenvalue weighted by Gasteiger charge is -2.48. The second-order valence-electron chi connectivity index (χ2n) is 9.24. The molecule has 1 saturated carbocycles. The van der Waals surface area contributed by atoms with Gasteiger partial charge in [-0.1, -0.05) is 43.2 Å². The van der Waals surface area contributed by atoms with Crippen molar-refractivity contribution in [2.45, 2.75) is 50.2 Å². The third-order valence-corrected chi connectivity index (χ3v) is 7.46. The van der Waals surface area contributed by atoms with Crippen molar-refractivity contribution in [1.29, 1.82) is 0 Å². The number of fused-ring (bicyclic) bond motifs is 4. The van der Waals surface area contributed by atoms with Crippen molar-refractivity contribution in [2.75, 3.05) is 6.54 Å². The Kier molecular flexibility index (Phi) is 4.50. The number of H-pyrrole nitrogens is 1. The van der Waals surface area contributed by atoms with E-state index in [4.69, 9.17) is 0 Å². The molecule has 8 nitrogen and oxygen atoms in total. The molecule has 2 aliphatic heterocycles. The molecule has 2 amide bonds. The Labute approximate surface area is 190 Å². The van der Waals surface area contributed by atoms with Crippen molar-refractivity contribution in [3.63, 3.8) is 0 Å². The molecule has 2 aromatic carbocycles. The van der Waals surface area contributed by atoms with Gasteiger partial charge in [0.15, 0.2) is 0 Å². The monoisotopic (exact) mass is 444 g/mol. The second kappa shape index (κ2) is 7.43. The molecule has 0 radical (unpaired) electrons. The number of rotatable bonds is 3. The molecule has 0 spiro atoms. The fourth-order valence-corrected chi connectivity index (χ4v) is 5.97. The number of nitro benzene ring substituents is 1. The summed E-state index contributed by atoms with van der Waals surface area (Å²) in [6.45, 7) is 0.0704. The molecule has 6 rings (SSSR count). The summed E-state index contributed by atoms with van der Waals surface area (Å²) in [5.41, 5.74) is 3.39. The van der Waals surface area contributed by atoms with E-state index < -0.39 is 17.0 Å². The summed E-state index contributed by atoms with van der Waals surface area (Å²) in [7, 11) is 0. The largest absolute Gasteiger partial charge is 0.356 e. The van der Waals surface area contributed by atoms with Crippen LogP contribution >= 0.6 is 0 Å². The predicted octanol–water partition coefficient (Wildman–Crippen LogP) is 3.70. The van der Waals surface area contributed by atoms with Crippen LogP contribution in [0, 0.1) is 10.1 Å². The Balaban J connectivity index is 1.52. The number of hydrogen-bond donors (Lipinski definition) is 1. The lowest BCUT2D eigenvalue weighted by molar-refractivity contribution is -0.384. The van der Waals surface area contributed by atoms with Gasteiger partial charge in [0.25, 0.3) is 5.69 Å². The highest BCUT2D eigenvalue weighted by Gasteiger charge is 2.49. The molecule has 168 valence electrons. The van der Waals surface area contributed by atoms with Gasteiger partial charge in [0, 0.05) is 41.2 Å². The van der Waals surface area contributed by atoms with Crippen LogP contribution in [0.1, 0.15) is 48.5 Å². The van der Waals surface area contributed by atoms with Gasteiger partial charge >= 0.3 is 0 Å².